The molecule has 28 heavy (non-hydrogen) atoms. The maximum Gasteiger partial charge on any atom is 0.230 e. The largest absolute Gasteiger partial charge is 0.504 e. The van der Waals surface area contributed by atoms with Crippen LogP contribution in [0.4, 0.5) is 0 Å². The summed E-state index contributed by atoms with van der Waals surface area (Å²) in [4.78, 5) is 26.8. The number of carbonyl (C=O) groups excluding carboxylic acids is 2. The molecule has 2 saturated heterocycles. The highest BCUT2D eigenvalue weighted by atomic mass is 16.5. The molecule has 0 aromatic heterocycles. The van der Waals surface area contributed by atoms with E-state index in [9.17, 15) is 19.8 Å². The van der Waals surface area contributed by atoms with Gasteiger partial charge >= 0.3 is 0 Å². The van der Waals surface area contributed by atoms with Crippen LogP contribution in [-0.2, 0) is 16.0 Å². The molecule has 7 nitrogen and oxygen atoms in total. The van der Waals surface area contributed by atoms with Crippen molar-refractivity contribution >= 4 is 11.8 Å². The molecule has 0 radical (unpaired) electrons. The summed E-state index contributed by atoms with van der Waals surface area (Å²) in [6.45, 7) is 1.45. The van der Waals surface area contributed by atoms with Crippen LogP contribution in [0.25, 0.3) is 0 Å². The predicted octanol–water partition coefficient (Wildman–Crippen LogP) is 1.60. The summed E-state index contributed by atoms with van der Waals surface area (Å²) in [7, 11) is 1.51. The van der Waals surface area contributed by atoms with Gasteiger partial charge in [-0.2, -0.15) is 0 Å². The molecule has 2 aliphatic rings. The van der Waals surface area contributed by atoms with Gasteiger partial charge in [0.15, 0.2) is 11.5 Å². The minimum atomic E-state index is -0.840. The summed E-state index contributed by atoms with van der Waals surface area (Å²) in [5.74, 6) is 0.496. The molecule has 1 aromatic carbocycles. The van der Waals surface area contributed by atoms with E-state index < -0.39 is 11.5 Å². The number of hydrogen-bond donors (Lipinski definition) is 3. The molecule has 2 heterocycles. The van der Waals surface area contributed by atoms with E-state index in [4.69, 9.17) is 4.74 Å². The fraction of sp³-hybridized carbons (Fsp3) is 0.619. The Morgan fingerprint density at radius 3 is 2.93 bits per heavy atom. The van der Waals surface area contributed by atoms with Crippen molar-refractivity contribution in [2.24, 2.45) is 5.41 Å². The molecule has 0 bridgehead atoms. The Hall–Kier alpha value is -2.28. The average molecular weight is 390 g/mol. The number of carbonyl (C=O) groups is 2. The lowest BCUT2D eigenvalue weighted by atomic mass is 9.71. The molecule has 2 fully saturated rings. The molecule has 0 aliphatic carbocycles. The van der Waals surface area contributed by atoms with E-state index in [1.54, 1.807) is 17.0 Å². The molecule has 1 spiro atoms. The first-order chi connectivity index (χ1) is 13.5. The first-order valence-electron chi connectivity index (χ1n) is 10.1. The lowest BCUT2D eigenvalue weighted by molar-refractivity contribution is -0.154. The number of aliphatic hydroxyl groups excluding tert-OH is 1. The van der Waals surface area contributed by atoms with Gasteiger partial charge in [-0.15, -0.1) is 0 Å². The fourth-order valence-electron chi connectivity index (χ4n) is 4.31. The monoisotopic (exact) mass is 390 g/mol. The van der Waals surface area contributed by atoms with E-state index in [1.807, 2.05) is 6.07 Å². The van der Waals surface area contributed by atoms with Crippen molar-refractivity contribution in [3.05, 3.63) is 23.8 Å². The van der Waals surface area contributed by atoms with Gasteiger partial charge in [0.2, 0.25) is 11.8 Å². The highest BCUT2D eigenvalue weighted by Crippen LogP contribution is 2.37. The summed E-state index contributed by atoms with van der Waals surface area (Å²) in [5, 5.41) is 23.1. The van der Waals surface area contributed by atoms with E-state index >= 15 is 0 Å². The Kier molecular flexibility index (Phi) is 6.44. The number of ether oxygens (including phenoxy) is 1. The van der Waals surface area contributed by atoms with Gasteiger partial charge in [-0.3, -0.25) is 9.59 Å². The summed E-state index contributed by atoms with van der Waals surface area (Å²) in [5.41, 5.74) is 0.164. The van der Waals surface area contributed by atoms with Crippen LogP contribution in [0.1, 0.15) is 44.1 Å². The minimum Gasteiger partial charge on any atom is -0.504 e. The smallest absolute Gasteiger partial charge is 0.230 e. The number of aryl methyl sites for hydroxylation is 1. The van der Waals surface area contributed by atoms with Crippen molar-refractivity contribution in [1.82, 2.24) is 10.2 Å². The number of nitrogens with zero attached hydrogens (tertiary/aromatic N) is 1. The average Bonchev–Trinajstić information content (AvgIpc) is 2.69. The van der Waals surface area contributed by atoms with Gasteiger partial charge < -0.3 is 25.2 Å². The fourth-order valence-corrected chi connectivity index (χ4v) is 4.31. The van der Waals surface area contributed by atoms with E-state index in [-0.39, 0.29) is 17.6 Å². The molecule has 0 unspecified atom stereocenters. The number of rotatable bonds is 6. The van der Waals surface area contributed by atoms with Crippen LogP contribution in [0.2, 0.25) is 0 Å². The number of nitrogens with one attached hydrogen (secondary N) is 1. The van der Waals surface area contributed by atoms with Gasteiger partial charge in [0.05, 0.1) is 18.6 Å². The van der Waals surface area contributed by atoms with Crippen molar-refractivity contribution in [1.29, 1.82) is 0 Å². The SMILES string of the molecule is COc1ccc(CCCCC(=O)N2CC[C@H](O)[C@@]3(CCCNC3=O)C2)cc1O. The first-order valence-corrected chi connectivity index (χ1v) is 10.1. The van der Waals surface area contributed by atoms with E-state index in [1.165, 1.54) is 7.11 Å². The quantitative estimate of drug-likeness (QED) is 0.641. The Labute approximate surface area is 165 Å². The summed E-state index contributed by atoms with van der Waals surface area (Å²) in [6, 6.07) is 5.35. The van der Waals surface area contributed by atoms with Crippen molar-refractivity contribution in [3.8, 4) is 11.5 Å². The second-order valence-electron chi connectivity index (χ2n) is 7.85. The van der Waals surface area contributed by atoms with Crippen LogP contribution in [0, 0.1) is 5.41 Å². The summed E-state index contributed by atoms with van der Waals surface area (Å²) in [6.07, 6.45) is 4.00. The molecule has 2 aliphatic heterocycles. The number of hydrogen-bond acceptors (Lipinski definition) is 5. The molecule has 0 saturated carbocycles. The summed E-state index contributed by atoms with van der Waals surface area (Å²) >= 11 is 0. The van der Waals surface area contributed by atoms with Crippen molar-refractivity contribution in [3.63, 3.8) is 0 Å². The molecule has 3 rings (SSSR count). The number of unbranched alkanes of at least 4 members (excludes halogenated alkanes) is 1. The number of phenols is 1. The first kappa shape index (κ1) is 20.5. The normalized spacial score (nSPS) is 24.9. The summed E-state index contributed by atoms with van der Waals surface area (Å²) < 4.78 is 5.04. The van der Waals surface area contributed by atoms with Crippen molar-refractivity contribution in [2.45, 2.75) is 51.0 Å². The van der Waals surface area contributed by atoms with Gasteiger partial charge in [-0.1, -0.05) is 6.07 Å². The number of amides is 2. The maximum absolute atomic E-state index is 12.6. The van der Waals surface area contributed by atoms with E-state index in [0.717, 1.165) is 31.2 Å². The Balaban J connectivity index is 1.48. The van der Waals surface area contributed by atoms with Crippen LogP contribution in [0.3, 0.4) is 0 Å². The third-order valence-electron chi connectivity index (χ3n) is 6.02. The Morgan fingerprint density at radius 1 is 1.39 bits per heavy atom. The highest BCUT2D eigenvalue weighted by Gasteiger charge is 2.50. The number of aromatic hydroxyl groups is 1. The molecule has 2 amide bonds. The standard InChI is InChI=1S/C21H30N2O5/c1-28-17-8-7-15(13-16(17)24)5-2-3-6-19(26)23-12-9-18(25)21(14-23)10-4-11-22-20(21)27/h7-8,13,18,24-25H,2-6,9-12,14H2,1H3,(H,22,27)/t18-,21+/m0/s1. The number of likely N-dealkylation sites (tertiary alicyclic amines) is 1. The van der Waals surface area contributed by atoms with Gasteiger partial charge in [0.1, 0.15) is 0 Å². The van der Waals surface area contributed by atoms with Crippen LogP contribution in [-0.4, -0.2) is 59.8 Å². The minimum absolute atomic E-state index is 0.0437. The van der Waals surface area contributed by atoms with Gasteiger partial charge in [0.25, 0.3) is 0 Å². The molecule has 3 N–H and O–H groups in total. The zero-order valence-electron chi connectivity index (χ0n) is 16.4. The van der Waals surface area contributed by atoms with Gasteiger partial charge in [-0.05, 0) is 56.2 Å². The maximum atomic E-state index is 12.6. The Bertz CT molecular complexity index is 723. The van der Waals surface area contributed by atoms with E-state index in [0.29, 0.717) is 44.6 Å². The highest BCUT2D eigenvalue weighted by molar-refractivity contribution is 5.86. The van der Waals surface area contributed by atoms with Crippen molar-refractivity contribution in [2.75, 3.05) is 26.7 Å². The number of benzene rings is 1. The third-order valence-corrected chi connectivity index (χ3v) is 6.02. The predicted molar refractivity (Wildman–Crippen MR) is 104 cm³/mol. The van der Waals surface area contributed by atoms with Crippen LogP contribution in [0.15, 0.2) is 18.2 Å². The molecule has 7 heteroatoms. The van der Waals surface area contributed by atoms with E-state index in [2.05, 4.69) is 5.32 Å². The van der Waals surface area contributed by atoms with Gasteiger partial charge in [0, 0.05) is 26.1 Å². The number of methoxy groups -OCH3 is 1. The number of phenolic OH excluding ortho intramolecular Hbond substituents is 1. The second-order valence-corrected chi connectivity index (χ2v) is 7.85. The third kappa shape index (κ3) is 4.24. The van der Waals surface area contributed by atoms with Gasteiger partial charge in [-0.25, -0.2) is 0 Å². The molecule has 1 aromatic rings. The van der Waals surface area contributed by atoms with Crippen LogP contribution < -0.4 is 10.1 Å². The van der Waals surface area contributed by atoms with Crippen LogP contribution >= 0.6 is 0 Å². The zero-order valence-corrected chi connectivity index (χ0v) is 16.4. The lowest BCUT2D eigenvalue weighted by Gasteiger charge is -2.46. The second kappa shape index (κ2) is 8.82. The molecule has 2 atom stereocenters. The lowest BCUT2D eigenvalue weighted by Crippen LogP contribution is -2.62. The topological polar surface area (TPSA) is 99.1 Å². The van der Waals surface area contributed by atoms with Crippen molar-refractivity contribution < 1.29 is 24.5 Å². The molecular weight excluding hydrogens is 360 g/mol. The molecule has 154 valence electrons. The number of piperidine rings is 2. The van der Waals surface area contributed by atoms with Crippen LogP contribution in [0.5, 0.6) is 11.5 Å². The zero-order chi connectivity index (χ0) is 20.1. The number of aliphatic hydroxyl groups is 1. The molecular formula is C21H30N2O5. The Morgan fingerprint density at radius 2 is 2.21 bits per heavy atom.